The van der Waals surface area contributed by atoms with Crippen molar-refractivity contribution in [2.45, 2.75) is 19.8 Å². The number of fused-ring (bicyclic) bond motifs is 1. The third kappa shape index (κ3) is 1.72. The monoisotopic (exact) mass is 264 g/mol. The van der Waals surface area contributed by atoms with Gasteiger partial charge in [-0.25, -0.2) is 4.98 Å². The number of nitrogens with two attached hydrogens (primary N) is 1. The smallest absolute Gasteiger partial charge is 0.132 e. The maximum absolute atomic E-state index is 5.88. The highest BCUT2D eigenvalue weighted by Crippen LogP contribution is 2.32. The van der Waals surface area contributed by atoms with E-state index in [1.54, 1.807) is 0 Å². The molecule has 2 rings (SSSR count). The lowest BCUT2D eigenvalue weighted by Gasteiger charge is -2.11. The highest BCUT2D eigenvalue weighted by molar-refractivity contribution is 9.10. The normalized spacial score (nSPS) is 11.2. The van der Waals surface area contributed by atoms with E-state index in [1.807, 2.05) is 18.3 Å². The maximum Gasteiger partial charge on any atom is 0.132 e. The van der Waals surface area contributed by atoms with Crippen LogP contribution in [0.3, 0.4) is 0 Å². The Morgan fingerprint density at radius 2 is 2.07 bits per heavy atom. The van der Waals surface area contributed by atoms with Crippen molar-refractivity contribution >= 4 is 32.5 Å². The van der Waals surface area contributed by atoms with Crippen LogP contribution in [0.25, 0.3) is 10.8 Å². The number of rotatable bonds is 1. The fraction of sp³-hybridized carbons (Fsp3) is 0.250. The predicted molar refractivity (Wildman–Crippen MR) is 67.9 cm³/mol. The zero-order chi connectivity index (χ0) is 11.0. The molecule has 2 nitrogen and oxygen atoms in total. The fourth-order valence-electron chi connectivity index (χ4n) is 1.76. The van der Waals surface area contributed by atoms with Gasteiger partial charge in [0.2, 0.25) is 0 Å². The number of pyridine rings is 1. The number of nitrogen functional groups attached to an aromatic ring is 1. The maximum atomic E-state index is 5.88. The lowest BCUT2D eigenvalue weighted by molar-refractivity contribution is 0.869. The Balaban J connectivity index is 2.89. The molecule has 1 aromatic carbocycles. The van der Waals surface area contributed by atoms with Gasteiger partial charge < -0.3 is 5.73 Å². The summed E-state index contributed by atoms with van der Waals surface area (Å²) in [6.45, 7) is 4.32. The largest absolute Gasteiger partial charge is 0.383 e. The van der Waals surface area contributed by atoms with Crippen molar-refractivity contribution in [2.24, 2.45) is 0 Å². The summed E-state index contributed by atoms with van der Waals surface area (Å²) < 4.78 is 1.01. The van der Waals surface area contributed by atoms with Crippen LogP contribution in [0.1, 0.15) is 25.3 Å². The predicted octanol–water partition coefficient (Wildman–Crippen LogP) is 3.70. The Labute approximate surface area is 97.6 Å². The Hall–Kier alpha value is -1.09. The molecule has 1 heterocycles. The molecule has 2 N–H and O–H groups in total. The van der Waals surface area contributed by atoms with Gasteiger partial charge in [0.25, 0.3) is 0 Å². The number of hydrogen-bond acceptors (Lipinski definition) is 2. The molecule has 0 bridgehead atoms. The van der Waals surface area contributed by atoms with Gasteiger partial charge in [0.1, 0.15) is 5.82 Å². The number of benzene rings is 1. The first-order valence-corrected chi connectivity index (χ1v) is 5.73. The molecule has 0 unspecified atom stereocenters. The van der Waals surface area contributed by atoms with Crippen molar-refractivity contribution in [3.63, 3.8) is 0 Å². The van der Waals surface area contributed by atoms with Crippen LogP contribution in [0.2, 0.25) is 0 Å². The van der Waals surface area contributed by atoms with Gasteiger partial charge in [-0.2, -0.15) is 0 Å². The molecule has 0 saturated carbocycles. The van der Waals surface area contributed by atoms with Gasteiger partial charge in [-0.1, -0.05) is 41.9 Å². The van der Waals surface area contributed by atoms with Crippen LogP contribution < -0.4 is 5.73 Å². The summed E-state index contributed by atoms with van der Waals surface area (Å²) in [4.78, 5) is 4.24. The van der Waals surface area contributed by atoms with Crippen molar-refractivity contribution < 1.29 is 0 Å². The van der Waals surface area contributed by atoms with Crippen LogP contribution in [-0.4, -0.2) is 4.98 Å². The number of nitrogens with zero attached hydrogens (tertiary/aromatic N) is 1. The number of anilines is 1. The van der Waals surface area contributed by atoms with E-state index in [-0.39, 0.29) is 0 Å². The third-order valence-corrected chi connectivity index (χ3v) is 3.21. The summed E-state index contributed by atoms with van der Waals surface area (Å²) >= 11 is 3.51. The fourth-order valence-corrected chi connectivity index (χ4v) is 2.33. The molecule has 0 amide bonds. The standard InChI is InChI=1S/C12H13BrN2/c1-7(2)9-6-15-12(14)11-8(9)4-3-5-10(11)13/h3-7H,1-2H3,(H2,14,15). The van der Waals surface area contributed by atoms with Crippen LogP contribution in [-0.2, 0) is 0 Å². The summed E-state index contributed by atoms with van der Waals surface area (Å²) in [5, 5.41) is 2.20. The molecular weight excluding hydrogens is 252 g/mol. The molecule has 1 aromatic heterocycles. The summed E-state index contributed by atoms with van der Waals surface area (Å²) in [6, 6.07) is 6.11. The molecule has 0 radical (unpaired) electrons. The van der Waals surface area contributed by atoms with Crippen molar-refractivity contribution in [3.05, 3.63) is 34.4 Å². The van der Waals surface area contributed by atoms with Crippen molar-refractivity contribution in [2.75, 3.05) is 5.73 Å². The van der Waals surface area contributed by atoms with Crippen LogP contribution in [0.4, 0.5) is 5.82 Å². The second-order valence-corrected chi connectivity index (χ2v) is 4.77. The molecule has 0 aliphatic heterocycles. The molecule has 0 saturated heterocycles. The second-order valence-electron chi connectivity index (χ2n) is 3.92. The molecule has 15 heavy (non-hydrogen) atoms. The zero-order valence-corrected chi connectivity index (χ0v) is 10.4. The molecule has 0 fully saturated rings. The van der Waals surface area contributed by atoms with E-state index in [0.717, 1.165) is 9.86 Å². The first kappa shape index (κ1) is 10.4. The van der Waals surface area contributed by atoms with E-state index in [4.69, 9.17) is 5.73 Å². The third-order valence-electron chi connectivity index (χ3n) is 2.55. The first-order valence-electron chi connectivity index (χ1n) is 4.94. The molecule has 78 valence electrons. The van der Waals surface area contributed by atoms with E-state index in [2.05, 4.69) is 40.8 Å². The van der Waals surface area contributed by atoms with Crippen molar-refractivity contribution in [1.29, 1.82) is 0 Å². The molecule has 3 heteroatoms. The number of aromatic nitrogens is 1. The SMILES string of the molecule is CC(C)c1cnc(N)c2c(Br)cccc12. The van der Waals surface area contributed by atoms with Gasteiger partial charge in [0, 0.05) is 16.1 Å². The van der Waals surface area contributed by atoms with Gasteiger partial charge in [0.05, 0.1) is 0 Å². The van der Waals surface area contributed by atoms with E-state index >= 15 is 0 Å². The quantitative estimate of drug-likeness (QED) is 0.853. The summed E-state index contributed by atoms with van der Waals surface area (Å²) in [5.41, 5.74) is 7.12. The van der Waals surface area contributed by atoms with E-state index in [0.29, 0.717) is 11.7 Å². The minimum absolute atomic E-state index is 0.454. The molecule has 0 spiro atoms. The van der Waals surface area contributed by atoms with Crippen molar-refractivity contribution in [3.8, 4) is 0 Å². The molecule has 2 aromatic rings. The average molecular weight is 265 g/mol. The highest BCUT2D eigenvalue weighted by atomic mass is 79.9. The average Bonchev–Trinajstić information content (AvgIpc) is 2.17. The summed E-state index contributed by atoms with van der Waals surface area (Å²) in [6.07, 6.45) is 1.87. The molecular formula is C12H13BrN2. The van der Waals surface area contributed by atoms with E-state index in [9.17, 15) is 0 Å². The highest BCUT2D eigenvalue weighted by Gasteiger charge is 2.10. The van der Waals surface area contributed by atoms with Gasteiger partial charge in [0.15, 0.2) is 0 Å². The minimum atomic E-state index is 0.454. The second kappa shape index (κ2) is 3.81. The Bertz CT molecular complexity index is 498. The summed E-state index contributed by atoms with van der Waals surface area (Å²) in [7, 11) is 0. The van der Waals surface area contributed by atoms with Crippen LogP contribution >= 0.6 is 15.9 Å². The lowest BCUT2D eigenvalue weighted by Crippen LogP contribution is -1.97. The Morgan fingerprint density at radius 3 is 2.73 bits per heavy atom. The Morgan fingerprint density at radius 1 is 1.33 bits per heavy atom. The van der Waals surface area contributed by atoms with Crippen LogP contribution in [0, 0.1) is 0 Å². The minimum Gasteiger partial charge on any atom is -0.383 e. The van der Waals surface area contributed by atoms with Gasteiger partial charge in [-0.3, -0.25) is 0 Å². The molecule has 0 atom stereocenters. The van der Waals surface area contributed by atoms with E-state index < -0.39 is 0 Å². The Kier molecular flexibility index (Phi) is 2.65. The number of halogens is 1. The first-order chi connectivity index (χ1) is 7.11. The van der Waals surface area contributed by atoms with Crippen molar-refractivity contribution in [1.82, 2.24) is 4.98 Å². The van der Waals surface area contributed by atoms with Crippen LogP contribution in [0.5, 0.6) is 0 Å². The van der Waals surface area contributed by atoms with Gasteiger partial charge in [-0.05, 0) is 22.9 Å². The van der Waals surface area contributed by atoms with Crippen LogP contribution in [0.15, 0.2) is 28.9 Å². The topological polar surface area (TPSA) is 38.9 Å². The van der Waals surface area contributed by atoms with E-state index in [1.165, 1.54) is 10.9 Å². The van der Waals surface area contributed by atoms with Gasteiger partial charge >= 0.3 is 0 Å². The molecule has 0 aliphatic rings. The zero-order valence-electron chi connectivity index (χ0n) is 8.79. The summed E-state index contributed by atoms with van der Waals surface area (Å²) in [5.74, 6) is 1.04. The number of hydrogen-bond donors (Lipinski definition) is 1. The van der Waals surface area contributed by atoms with Gasteiger partial charge in [-0.15, -0.1) is 0 Å². The lowest BCUT2D eigenvalue weighted by atomic mass is 9.98. The molecule has 0 aliphatic carbocycles.